The standard InChI is InChI=1S/C9H9Cl2N3S/c1-4(2)12-7-5(10)3-6(11)8-9(7)14-15-13-8/h3-4,12H,1-2H3. The number of rotatable bonds is 2. The van der Waals surface area contributed by atoms with E-state index in [2.05, 4.69) is 14.1 Å². The molecule has 80 valence electrons. The molecule has 15 heavy (non-hydrogen) atoms. The highest BCUT2D eigenvalue weighted by atomic mass is 35.5. The molecule has 2 rings (SSSR count). The first kappa shape index (κ1) is 10.9. The van der Waals surface area contributed by atoms with Gasteiger partial charge in [0.15, 0.2) is 0 Å². The predicted octanol–water partition coefficient (Wildman–Crippen LogP) is 3.82. The average molecular weight is 262 g/mol. The zero-order chi connectivity index (χ0) is 11.0. The van der Waals surface area contributed by atoms with Crippen molar-refractivity contribution in [2.24, 2.45) is 0 Å². The molecule has 0 spiro atoms. The maximum absolute atomic E-state index is 6.10. The lowest BCUT2D eigenvalue weighted by atomic mass is 10.2. The highest BCUT2D eigenvalue weighted by Gasteiger charge is 2.14. The lowest BCUT2D eigenvalue weighted by Gasteiger charge is -2.12. The van der Waals surface area contributed by atoms with Crippen LogP contribution in [0.5, 0.6) is 0 Å². The monoisotopic (exact) mass is 261 g/mol. The fourth-order valence-corrected chi connectivity index (χ4v) is 2.47. The quantitative estimate of drug-likeness (QED) is 0.894. The van der Waals surface area contributed by atoms with E-state index >= 15 is 0 Å². The first-order valence-corrected chi connectivity index (χ1v) is 5.95. The van der Waals surface area contributed by atoms with Crippen LogP contribution in [-0.2, 0) is 0 Å². The van der Waals surface area contributed by atoms with Crippen LogP contribution in [0.2, 0.25) is 10.0 Å². The van der Waals surface area contributed by atoms with Crippen LogP contribution < -0.4 is 5.32 Å². The van der Waals surface area contributed by atoms with Gasteiger partial charge in [-0.05, 0) is 19.9 Å². The van der Waals surface area contributed by atoms with Crippen LogP contribution in [0.4, 0.5) is 5.69 Å². The van der Waals surface area contributed by atoms with Gasteiger partial charge >= 0.3 is 0 Å². The number of nitrogens with one attached hydrogen (secondary N) is 1. The molecule has 0 unspecified atom stereocenters. The number of benzene rings is 1. The van der Waals surface area contributed by atoms with Gasteiger partial charge in [-0.1, -0.05) is 23.2 Å². The zero-order valence-electron chi connectivity index (χ0n) is 8.21. The number of anilines is 1. The van der Waals surface area contributed by atoms with Crippen LogP contribution in [0, 0.1) is 0 Å². The minimum atomic E-state index is 0.286. The molecule has 0 fully saturated rings. The van der Waals surface area contributed by atoms with E-state index in [1.54, 1.807) is 6.07 Å². The highest BCUT2D eigenvalue weighted by molar-refractivity contribution is 7.00. The van der Waals surface area contributed by atoms with Gasteiger partial charge in [0.05, 0.1) is 27.5 Å². The maximum atomic E-state index is 6.10. The van der Waals surface area contributed by atoms with Crippen molar-refractivity contribution in [3.05, 3.63) is 16.1 Å². The van der Waals surface area contributed by atoms with Gasteiger partial charge in [-0.2, -0.15) is 8.75 Å². The van der Waals surface area contributed by atoms with Crippen molar-refractivity contribution in [2.45, 2.75) is 19.9 Å². The van der Waals surface area contributed by atoms with Gasteiger partial charge in [0.1, 0.15) is 11.0 Å². The first-order valence-electron chi connectivity index (χ1n) is 4.46. The average Bonchev–Trinajstić information content (AvgIpc) is 2.60. The van der Waals surface area contributed by atoms with Crippen LogP contribution in [0.1, 0.15) is 13.8 Å². The van der Waals surface area contributed by atoms with Gasteiger partial charge in [-0.3, -0.25) is 0 Å². The lowest BCUT2D eigenvalue weighted by molar-refractivity contribution is 0.901. The van der Waals surface area contributed by atoms with Crippen LogP contribution in [-0.4, -0.2) is 14.8 Å². The Morgan fingerprint density at radius 3 is 2.53 bits per heavy atom. The van der Waals surface area contributed by atoms with Gasteiger partial charge in [-0.15, -0.1) is 0 Å². The summed E-state index contributed by atoms with van der Waals surface area (Å²) >= 11 is 13.2. The molecule has 6 heteroatoms. The molecule has 1 aromatic carbocycles. The molecule has 0 saturated carbocycles. The van der Waals surface area contributed by atoms with E-state index in [0.717, 1.165) is 22.9 Å². The molecule has 0 radical (unpaired) electrons. The van der Waals surface area contributed by atoms with Crippen LogP contribution in [0.15, 0.2) is 6.07 Å². The van der Waals surface area contributed by atoms with Crippen molar-refractivity contribution >= 4 is 51.7 Å². The molecule has 0 saturated heterocycles. The summed E-state index contributed by atoms with van der Waals surface area (Å²) in [4.78, 5) is 0. The van der Waals surface area contributed by atoms with E-state index in [9.17, 15) is 0 Å². The first-order chi connectivity index (χ1) is 7.09. The summed E-state index contributed by atoms with van der Waals surface area (Å²) in [6.07, 6.45) is 0. The third-order valence-electron chi connectivity index (χ3n) is 1.88. The van der Waals surface area contributed by atoms with E-state index in [1.165, 1.54) is 0 Å². The molecular weight excluding hydrogens is 253 g/mol. The van der Waals surface area contributed by atoms with E-state index < -0.39 is 0 Å². The van der Waals surface area contributed by atoms with Crippen molar-refractivity contribution in [3.8, 4) is 0 Å². The molecule has 0 amide bonds. The summed E-state index contributed by atoms with van der Waals surface area (Å²) in [7, 11) is 0. The number of hydrogen-bond acceptors (Lipinski definition) is 4. The van der Waals surface area contributed by atoms with Crippen molar-refractivity contribution in [1.82, 2.24) is 8.75 Å². The summed E-state index contributed by atoms with van der Waals surface area (Å²) in [5, 5.41) is 4.36. The molecule has 2 aromatic rings. The summed E-state index contributed by atoms with van der Waals surface area (Å²) in [5.74, 6) is 0. The van der Waals surface area contributed by atoms with Gasteiger partial charge in [0, 0.05) is 6.04 Å². The fourth-order valence-electron chi connectivity index (χ4n) is 1.30. The Bertz CT molecular complexity index is 495. The van der Waals surface area contributed by atoms with E-state index in [1.807, 2.05) is 13.8 Å². The Hall–Kier alpha value is -0.580. The van der Waals surface area contributed by atoms with Crippen molar-refractivity contribution in [3.63, 3.8) is 0 Å². The largest absolute Gasteiger partial charge is 0.380 e. The second-order valence-corrected chi connectivity index (χ2v) is 4.82. The minimum absolute atomic E-state index is 0.286. The summed E-state index contributed by atoms with van der Waals surface area (Å²) < 4.78 is 8.32. The second-order valence-electron chi connectivity index (χ2n) is 3.48. The molecule has 0 aliphatic rings. The van der Waals surface area contributed by atoms with Crippen molar-refractivity contribution in [2.75, 3.05) is 5.32 Å². The molecule has 0 aliphatic carbocycles. The molecule has 1 aromatic heterocycles. The smallest absolute Gasteiger partial charge is 0.130 e. The molecule has 1 N–H and O–H groups in total. The van der Waals surface area contributed by atoms with E-state index in [4.69, 9.17) is 23.2 Å². The predicted molar refractivity (Wildman–Crippen MR) is 66.2 cm³/mol. The lowest BCUT2D eigenvalue weighted by Crippen LogP contribution is -2.10. The fraction of sp³-hybridized carbons (Fsp3) is 0.333. The normalized spacial score (nSPS) is 11.3. The van der Waals surface area contributed by atoms with Crippen LogP contribution in [0.25, 0.3) is 11.0 Å². The second kappa shape index (κ2) is 4.12. The Balaban J connectivity index is 2.65. The Kier molecular flexibility index (Phi) is 3.00. The summed E-state index contributed by atoms with van der Waals surface area (Å²) in [6.45, 7) is 4.08. The summed E-state index contributed by atoms with van der Waals surface area (Å²) in [6, 6.07) is 1.98. The SMILES string of the molecule is CC(C)Nc1c(Cl)cc(Cl)c2nsnc12. The number of nitrogens with zero attached hydrogens (tertiary/aromatic N) is 2. The number of hydrogen-bond donors (Lipinski definition) is 1. The third-order valence-corrected chi connectivity index (χ3v) is 2.99. The number of halogens is 2. The zero-order valence-corrected chi connectivity index (χ0v) is 10.5. The number of fused-ring (bicyclic) bond motifs is 1. The van der Waals surface area contributed by atoms with Gasteiger partial charge in [0.2, 0.25) is 0 Å². The van der Waals surface area contributed by atoms with Crippen LogP contribution in [0.3, 0.4) is 0 Å². The van der Waals surface area contributed by atoms with Crippen molar-refractivity contribution < 1.29 is 0 Å². The molecular formula is C9H9Cl2N3S. The topological polar surface area (TPSA) is 37.8 Å². The number of aromatic nitrogens is 2. The molecule has 0 atom stereocenters. The Morgan fingerprint density at radius 2 is 1.87 bits per heavy atom. The highest BCUT2D eigenvalue weighted by Crippen LogP contribution is 2.35. The van der Waals surface area contributed by atoms with Gasteiger partial charge in [-0.25, -0.2) is 0 Å². The molecule has 0 bridgehead atoms. The van der Waals surface area contributed by atoms with Crippen molar-refractivity contribution in [1.29, 1.82) is 0 Å². The molecule has 0 aliphatic heterocycles. The molecule has 3 nitrogen and oxygen atoms in total. The maximum Gasteiger partial charge on any atom is 0.130 e. The summed E-state index contributed by atoms with van der Waals surface area (Å²) in [5.41, 5.74) is 2.25. The van der Waals surface area contributed by atoms with E-state index in [0.29, 0.717) is 15.6 Å². The van der Waals surface area contributed by atoms with Gasteiger partial charge in [0.25, 0.3) is 0 Å². The van der Waals surface area contributed by atoms with Gasteiger partial charge < -0.3 is 5.32 Å². The Morgan fingerprint density at radius 1 is 1.20 bits per heavy atom. The third kappa shape index (κ3) is 2.02. The Labute approximate surface area is 102 Å². The van der Waals surface area contributed by atoms with Crippen LogP contribution >= 0.6 is 34.9 Å². The minimum Gasteiger partial charge on any atom is -0.380 e. The molecule has 1 heterocycles. The van der Waals surface area contributed by atoms with E-state index in [-0.39, 0.29) is 6.04 Å².